The van der Waals surface area contributed by atoms with E-state index in [0.717, 1.165) is 15.7 Å². The van der Waals surface area contributed by atoms with Gasteiger partial charge in [-0.15, -0.1) is 0 Å². The molecular weight excluding hydrogens is 368 g/mol. The van der Waals surface area contributed by atoms with E-state index in [9.17, 15) is 0 Å². The van der Waals surface area contributed by atoms with E-state index in [1.807, 2.05) is 37.3 Å². The Morgan fingerprint density at radius 1 is 1.05 bits per heavy atom. The van der Waals surface area contributed by atoms with Gasteiger partial charge in [-0.05, 0) is 36.8 Å². The van der Waals surface area contributed by atoms with E-state index < -0.39 is 0 Å². The van der Waals surface area contributed by atoms with Crippen LogP contribution in [0.4, 0.5) is 5.69 Å². The molecule has 0 aliphatic rings. The molecule has 0 fully saturated rings. The third-order valence-corrected chi connectivity index (χ3v) is 4.39. The molecule has 5 heteroatoms. The molecule has 0 aromatic heterocycles. The van der Waals surface area contributed by atoms with Gasteiger partial charge in [0.2, 0.25) is 0 Å². The molecule has 1 unspecified atom stereocenters. The number of hydrogen-bond acceptors (Lipinski definition) is 1. The summed E-state index contributed by atoms with van der Waals surface area (Å²) in [4.78, 5) is 0. The Morgan fingerprint density at radius 3 is 2.47 bits per heavy atom. The molecule has 0 radical (unpaired) electrons. The van der Waals surface area contributed by atoms with Gasteiger partial charge in [0.15, 0.2) is 0 Å². The molecule has 2 aromatic rings. The van der Waals surface area contributed by atoms with E-state index in [0.29, 0.717) is 15.1 Å². The number of nitrogens with one attached hydrogen (secondary N) is 1. The van der Waals surface area contributed by atoms with Crippen LogP contribution in [0.1, 0.15) is 18.5 Å². The Balaban J connectivity index is 2.25. The van der Waals surface area contributed by atoms with Crippen LogP contribution in [0.5, 0.6) is 0 Å². The fourth-order valence-corrected chi connectivity index (χ4v) is 2.97. The van der Waals surface area contributed by atoms with Gasteiger partial charge < -0.3 is 5.32 Å². The minimum Gasteiger partial charge on any atom is -0.377 e. The van der Waals surface area contributed by atoms with Crippen molar-refractivity contribution in [2.75, 3.05) is 5.32 Å². The third kappa shape index (κ3) is 3.57. The zero-order valence-electron chi connectivity index (χ0n) is 10.1. The quantitative estimate of drug-likeness (QED) is 0.635. The van der Waals surface area contributed by atoms with E-state index in [4.69, 9.17) is 34.8 Å². The lowest BCUT2D eigenvalue weighted by molar-refractivity contribution is 0.885. The van der Waals surface area contributed by atoms with E-state index in [-0.39, 0.29) is 6.04 Å². The molecule has 19 heavy (non-hydrogen) atoms. The molecule has 2 aromatic carbocycles. The third-order valence-electron chi connectivity index (χ3n) is 2.75. The fraction of sp³-hybridized carbons (Fsp3) is 0.143. The summed E-state index contributed by atoms with van der Waals surface area (Å²) >= 11 is 21.8. The lowest BCUT2D eigenvalue weighted by Crippen LogP contribution is -2.07. The zero-order valence-corrected chi connectivity index (χ0v) is 13.9. The molecule has 1 N–H and O–H groups in total. The highest BCUT2D eigenvalue weighted by Crippen LogP contribution is 2.33. The average Bonchev–Trinajstić information content (AvgIpc) is 2.36. The molecule has 0 saturated carbocycles. The summed E-state index contributed by atoms with van der Waals surface area (Å²) in [5, 5.41) is 5.10. The molecule has 0 heterocycles. The minimum absolute atomic E-state index is 0.00451. The Kier molecular flexibility index (Phi) is 5.02. The van der Waals surface area contributed by atoms with Crippen molar-refractivity contribution in [3.05, 3.63) is 61.5 Å². The summed E-state index contributed by atoms with van der Waals surface area (Å²) in [7, 11) is 0. The lowest BCUT2D eigenvalue weighted by Gasteiger charge is -2.18. The van der Waals surface area contributed by atoms with Crippen LogP contribution in [0.3, 0.4) is 0 Å². The number of hydrogen-bond donors (Lipinski definition) is 1. The number of anilines is 1. The van der Waals surface area contributed by atoms with Crippen molar-refractivity contribution in [1.82, 2.24) is 0 Å². The van der Waals surface area contributed by atoms with E-state index in [2.05, 4.69) is 21.2 Å². The van der Waals surface area contributed by atoms with Crippen molar-refractivity contribution < 1.29 is 0 Å². The van der Waals surface area contributed by atoms with Gasteiger partial charge in [0, 0.05) is 4.47 Å². The monoisotopic (exact) mass is 377 g/mol. The topological polar surface area (TPSA) is 12.0 Å². The summed E-state index contributed by atoms with van der Waals surface area (Å²) < 4.78 is 0.941. The van der Waals surface area contributed by atoms with E-state index in [1.165, 1.54) is 0 Å². The van der Waals surface area contributed by atoms with E-state index in [1.54, 1.807) is 6.07 Å². The lowest BCUT2D eigenvalue weighted by atomic mass is 10.1. The summed E-state index contributed by atoms with van der Waals surface area (Å²) in [5.41, 5.74) is 1.79. The highest BCUT2D eigenvalue weighted by atomic mass is 79.9. The molecule has 0 saturated heterocycles. The summed E-state index contributed by atoms with van der Waals surface area (Å²) in [6.07, 6.45) is 0. The number of benzene rings is 2. The molecule has 100 valence electrons. The van der Waals surface area contributed by atoms with Crippen LogP contribution in [0.2, 0.25) is 15.1 Å². The van der Waals surface area contributed by atoms with Crippen LogP contribution < -0.4 is 5.32 Å². The predicted octanol–water partition coefficient (Wildman–Crippen LogP) is 6.58. The fourth-order valence-electron chi connectivity index (χ4n) is 1.77. The van der Waals surface area contributed by atoms with Crippen molar-refractivity contribution in [3.63, 3.8) is 0 Å². The Bertz CT molecular complexity index is 601. The van der Waals surface area contributed by atoms with Gasteiger partial charge in [0.1, 0.15) is 0 Å². The first-order valence-electron chi connectivity index (χ1n) is 5.64. The first-order chi connectivity index (χ1) is 8.99. The van der Waals surface area contributed by atoms with Gasteiger partial charge in [-0.3, -0.25) is 0 Å². The van der Waals surface area contributed by atoms with Gasteiger partial charge in [0.25, 0.3) is 0 Å². The van der Waals surface area contributed by atoms with Crippen LogP contribution in [-0.4, -0.2) is 0 Å². The van der Waals surface area contributed by atoms with Crippen molar-refractivity contribution in [3.8, 4) is 0 Å². The zero-order chi connectivity index (χ0) is 14.0. The SMILES string of the molecule is CC(Nc1ccc(Br)cc1Cl)c1cccc(Cl)c1Cl. The largest absolute Gasteiger partial charge is 0.377 e. The second-order valence-electron chi connectivity index (χ2n) is 4.13. The highest BCUT2D eigenvalue weighted by Gasteiger charge is 2.13. The summed E-state index contributed by atoms with van der Waals surface area (Å²) in [5.74, 6) is 0. The van der Waals surface area contributed by atoms with Crippen LogP contribution in [0.25, 0.3) is 0 Å². The Labute approximate surface area is 136 Å². The van der Waals surface area contributed by atoms with Gasteiger partial charge in [-0.1, -0.05) is 62.9 Å². The Hall–Kier alpha value is -0.410. The van der Waals surface area contributed by atoms with Crippen LogP contribution in [0, 0.1) is 0 Å². The molecule has 0 aliphatic carbocycles. The van der Waals surface area contributed by atoms with Crippen LogP contribution >= 0.6 is 50.7 Å². The standard InChI is InChI=1S/C14H11BrCl3N/c1-8(10-3-2-4-11(16)14(10)18)19-13-6-5-9(15)7-12(13)17/h2-8,19H,1H3. The maximum atomic E-state index is 6.21. The van der Waals surface area contributed by atoms with Gasteiger partial charge in [0.05, 0.1) is 26.8 Å². The number of halogens is 4. The highest BCUT2D eigenvalue weighted by molar-refractivity contribution is 9.10. The molecule has 0 aliphatic heterocycles. The van der Waals surface area contributed by atoms with Gasteiger partial charge >= 0.3 is 0 Å². The summed E-state index contributed by atoms with van der Waals surface area (Å²) in [6.45, 7) is 2.01. The van der Waals surface area contributed by atoms with Gasteiger partial charge in [-0.25, -0.2) is 0 Å². The second kappa shape index (κ2) is 6.36. The minimum atomic E-state index is 0.00451. The number of rotatable bonds is 3. The normalized spacial score (nSPS) is 12.3. The van der Waals surface area contributed by atoms with Crippen LogP contribution in [-0.2, 0) is 0 Å². The van der Waals surface area contributed by atoms with E-state index >= 15 is 0 Å². The maximum Gasteiger partial charge on any atom is 0.0648 e. The molecule has 0 amide bonds. The first-order valence-corrected chi connectivity index (χ1v) is 7.57. The van der Waals surface area contributed by atoms with Gasteiger partial charge in [-0.2, -0.15) is 0 Å². The smallest absolute Gasteiger partial charge is 0.0648 e. The average molecular weight is 380 g/mol. The second-order valence-corrected chi connectivity index (χ2v) is 6.24. The van der Waals surface area contributed by atoms with Crippen molar-refractivity contribution >= 4 is 56.4 Å². The Morgan fingerprint density at radius 2 is 1.79 bits per heavy atom. The van der Waals surface area contributed by atoms with Crippen molar-refractivity contribution in [2.24, 2.45) is 0 Å². The van der Waals surface area contributed by atoms with Crippen molar-refractivity contribution in [2.45, 2.75) is 13.0 Å². The molecule has 1 atom stereocenters. The van der Waals surface area contributed by atoms with Crippen LogP contribution in [0.15, 0.2) is 40.9 Å². The predicted molar refractivity (Wildman–Crippen MR) is 87.7 cm³/mol. The molecule has 2 rings (SSSR count). The first kappa shape index (κ1) is 15.0. The summed E-state index contributed by atoms with van der Waals surface area (Å²) in [6, 6.07) is 11.3. The molecular formula is C14H11BrCl3N. The van der Waals surface area contributed by atoms with Crippen molar-refractivity contribution in [1.29, 1.82) is 0 Å². The molecule has 0 bridgehead atoms. The maximum absolute atomic E-state index is 6.21. The molecule has 0 spiro atoms. The molecule has 1 nitrogen and oxygen atoms in total.